The average Bonchev–Trinajstić information content (AvgIpc) is 3.80. The number of amides is 8. The summed E-state index contributed by atoms with van der Waals surface area (Å²) in [6.07, 6.45) is 0.462. The number of hydrogen-bond donors (Lipinski definition) is 7. The molecule has 1 fully saturated rings. The van der Waals surface area contributed by atoms with Crippen LogP contribution in [-0.2, 0) is 64.1 Å². The highest BCUT2D eigenvalue weighted by Crippen LogP contribution is 2.29. The number of ether oxygens (including phenoxy) is 2. The van der Waals surface area contributed by atoms with E-state index in [0.717, 1.165) is 0 Å². The summed E-state index contributed by atoms with van der Waals surface area (Å²) in [6, 6.07) is 4.25. The number of carboxylic acids is 1. The highest BCUT2D eigenvalue weighted by Gasteiger charge is 2.42. The van der Waals surface area contributed by atoms with Crippen LogP contribution in [0.5, 0.6) is 0 Å². The smallest absolute Gasteiger partial charge is 0.303 e. The van der Waals surface area contributed by atoms with Crippen LogP contribution in [0.3, 0.4) is 0 Å². The Morgan fingerprint density at radius 2 is 1.39 bits per heavy atom. The van der Waals surface area contributed by atoms with E-state index in [1.807, 2.05) is 46.7 Å². The largest absolute Gasteiger partial charge is 0.481 e. The number of anilines is 1. The second-order valence-electron chi connectivity index (χ2n) is 19.0. The molecule has 22 nitrogen and oxygen atoms in total. The number of nitrogens with zero attached hydrogens (tertiary/aromatic N) is 3. The first-order valence-electron chi connectivity index (χ1n) is 24.4. The maximum atomic E-state index is 14.1. The molecule has 1 aliphatic heterocycles. The molecule has 400 valence electrons. The summed E-state index contributed by atoms with van der Waals surface area (Å²) in [6.45, 7) is 12.4. The van der Waals surface area contributed by atoms with Gasteiger partial charge in [0.25, 0.3) is 5.91 Å². The van der Waals surface area contributed by atoms with Crippen molar-refractivity contribution in [2.24, 2.45) is 23.7 Å². The van der Waals surface area contributed by atoms with Crippen LogP contribution in [0.1, 0.15) is 99.0 Å². The maximum absolute atomic E-state index is 14.1. The Bertz CT molecular complexity index is 1930. The van der Waals surface area contributed by atoms with Crippen molar-refractivity contribution in [3.05, 3.63) is 29.8 Å². The fourth-order valence-corrected chi connectivity index (χ4v) is 8.76. The topological polar surface area (TPSA) is 283 Å². The predicted octanol–water partition coefficient (Wildman–Crippen LogP) is 1.42. The Kier molecular flexibility index (Phi) is 26.7. The molecule has 2 rings (SSSR count). The fraction of sp³-hybridized carbons (Fsp3) is 0.694. The van der Waals surface area contributed by atoms with E-state index >= 15 is 0 Å². The second-order valence-corrected chi connectivity index (χ2v) is 19.0. The summed E-state index contributed by atoms with van der Waals surface area (Å²) in [5, 5.41) is 21.9. The highest BCUT2D eigenvalue weighted by molar-refractivity contribution is 5.96. The third kappa shape index (κ3) is 20.1. The molecular formula is C49H81N9O13. The number of likely N-dealkylation sites (N-methyl/N-ethyl adjacent to an activating group) is 2. The first-order valence-corrected chi connectivity index (χ1v) is 24.4. The minimum Gasteiger partial charge on any atom is -0.481 e. The summed E-state index contributed by atoms with van der Waals surface area (Å²) in [5.74, 6) is -5.51. The van der Waals surface area contributed by atoms with Crippen molar-refractivity contribution in [1.82, 2.24) is 41.4 Å². The number of rotatable bonds is 31. The molecule has 22 heteroatoms. The summed E-state index contributed by atoms with van der Waals surface area (Å²) in [5.41, 5.74) is 3.35. The first-order chi connectivity index (χ1) is 33.5. The maximum Gasteiger partial charge on any atom is 0.303 e. The number of carboxylic acid groups (broad SMARTS) is 1. The number of carbonyl (C=O) groups is 9. The quantitative estimate of drug-likeness (QED) is 0.0519. The molecule has 71 heavy (non-hydrogen) atoms. The lowest BCUT2D eigenvalue weighted by atomic mass is 9.90. The Morgan fingerprint density at radius 1 is 0.775 bits per heavy atom. The number of likely N-dealkylation sites (tertiary alicyclic amines) is 1. The van der Waals surface area contributed by atoms with Gasteiger partial charge in [-0.2, -0.15) is 0 Å². The molecule has 1 saturated heterocycles. The van der Waals surface area contributed by atoms with Crippen molar-refractivity contribution in [3.8, 4) is 0 Å². The van der Waals surface area contributed by atoms with E-state index in [-0.39, 0.29) is 80.9 Å². The zero-order valence-electron chi connectivity index (χ0n) is 43.8. The minimum atomic E-state index is -1.02. The van der Waals surface area contributed by atoms with E-state index in [1.165, 1.54) is 14.2 Å². The van der Waals surface area contributed by atoms with Gasteiger partial charge in [-0.05, 0) is 68.8 Å². The number of methoxy groups -OCH3 is 2. The SMILES string of the molecule is CC[C@H](C)[C@@H]([C@@H](CC(=O)N1CCC[C@H]1[C@H](OC)[C@@H](C)C(=O)NCC(=O)NOCc1ccc(NC(=O)CNC(=O)C(NC(=O)CCCC(=O)O)C(C)C)cc1)OC)N(C)C(=O)CNC(=O)C(C(C)C)N(C)C. The highest BCUT2D eigenvalue weighted by atomic mass is 16.6. The van der Waals surface area contributed by atoms with Crippen LogP contribution in [0.15, 0.2) is 24.3 Å². The van der Waals surface area contributed by atoms with Crippen molar-refractivity contribution >= 4 is 58.9 Å². The molecule has 1 aromatic carbocycles. The number of hydroxylamine groups is 1. The van der Waals surface area contributed by atoms with Gasteiger partial charge in [0.1, 0.15) is 6.04 Å². The molecule has 0 aromatic heterocycles. The summed E-state index contributed by atoms with van der Waals surface area (Å²) < 4.78 is 11.8. The zero-order valence-corrected chi connectivity index (χ0v) is 43.8. The van der Waals surface area contributed by atoms with Crippen LogP contribution in [0.25, 0.3) is 0 Å². The van der Waals surface area contributed by atoms with E-state index in [1.54, 1.807) is 61.9 Å². The van der Waals surface area contributed by atoms with Crippen LogP contribution in [0.2, 0.25) is 0 Å². The average molecular weight is 1000 g/mol. The number of carbonyl (C=O) groups excluding carboxylic acids is 8. The Balaban J connectivity index is 1.90. The minimum absolute atomic E-state index is 0.0309. The van der Waals surface area contributed by atoms with Gasteiger partial charge in [0, 0.05) is 46.3 Å². The Morgan fingerprint density at radius 3 is 1.96 bits per heavy atom. The van der Waals surface area contributed by atoms with Crippen molar-refractivity contribution < 1.29 is 62.6 Å². The van der Waals surface area contributed by atoms with Gasteiger partial charge in [0.2, 0.25) is 41.4 Å². The van der Waals surface area contributed by atoms with Crippen molar-refractivity contribution in [2.45, 2.75) is 136 Å². The molecule has 0 spiro atoms. The number of benzene rings is 1. The van der Waals surface area contributed by atoms with Crippen LogP contribution in [0, 0.1) is 23.7 Å². The molecule has 1 aliphatic rings. The van der Waals surface area contributed by atoms with Crippen LogP contribution >= 0.6 is 0 Å². The molecular weight excluding hydrogens is 923 g/mol. The number of nitrogens with one attached hydrogen (secondary N) is 6. The van der Waals surface area contributed by atoms with Gasteiger partial charge < -0.3 is 51.0 Å². The van der Waals surface area contributed by atoms with E-state index in [0.29, 0.717) is 37.1 Å². The second kappa shape index (κ2) is 30.9. The lowest BCUT2D eigenvalue weighted by Crippen LogP contribution is -2.55. The van der Waals surface area contributed by atoms with Gasteiger partial charge in [-0.15, -0.1) is 0 Å². The van der Waals surface area contributed by atoms with E-state index in [2.05, 4.69) is 32.1 Å². The monoisotopic (exact) mass is 1000 g/mol. The molecule has 8 atom stereocenters. The van der Waals surface area contributed by atoms with E-state index < -0.39 is 84.3 Å². The summed E-state index contributed by atoms with van der Waals surface area (Å²) in [4.78, 5) is 125. The number of hydrogen-bond acceptors (Lipinski definition) is 13. The predicted molar refractivity (Wildman–Crippen MR) is 264 cm³/mol. The molecule has 0 saturated carbocycles. The molecule has 1 heterocycles. The summed E-state index contributed by atoms with van der Waals surface area (Å²) in [7, 11) is 8.27. The third-order valence-corrected chi connectivity index (χ3v) is 12.7. The molecule has 2 unspecified atom stereocenters. The van der Waals surface area contributed by atoms with Gasteiger partial charge in [-0.3, -0.25) is 52.9 Å². The zero-order chi connectivity index (χ0) is 53.5. The normalized spacial score (nSPS) is 16.5. The van der Waals surface area contributed by atoms with E-state index in [9.17, 15) is 43.2 Å². The standard InChI is InChI=1S/C49H81N9O13/c1-13-31(6)45(57(10)41(63)27-52-49(68)44(30(4)5)56(8)9)36(69-11)24-40(62)58-23-15-16-35(58)46(70-12)32(7)47(66)50-26-39(61)55-71-28-33-19-21-34(22-20-33)53-38(60)25-51-48(67)43(29(2)3)54-37(59)17-14-18-42(64)65/h19-22,29-32,35-36,43-46H,13-18,23-28H2,1-12H3,(H,50,66)(H,51,67)(H,52,68)(H,53,60)(H,54,59)(H,55,61)(H,64,65)/t31-,32+,35-,36+,43?,44?,45-,46+/m0/s1. The molecule has 0 radical (unpaired) electrons. The molecule has 7 N–H and O–H groups in total. The molecule has 1 aromatic rings. The Hall–Kier alpha value is -5.71. The molecule has 0 aliphatic carbocycles. The molecule has 8 amide bonds. The lowest BCUT2D eigenvalue weighted by Gasteiger charge is -2.39. The van der Waals surface area contributed by atoms with Crippen molar-refractivity contribution in [2.75, 3.05) is 66.9 Å². The van der Waals surface area contributed by atoms with Crippen molar-refractivity contribution in [1.29, 1.82) is 0 Å². The van der Waals surface area contributed by atoms with Crippen LogP contribution < -0.4 is 32.1 Å². The first kappa shape index (κ1) is 61.4. The van der Waals surface area contributed by atoms with Gasteiger partial charge in [-0.1, -0.05) is 67.0 Å². The van der Waals surface area contributed by atoms with Gasteiger partial charge in [0.05, 0.1) is 68.9 Å². The molecule has 0 bridgehead atoms. The third-order valence-electron chi connectivity index (χ3n) is 12.7. The van der Waals surface area contributed by atoms with Crippen LogP contribution in [-0.4, -0.2) is 171 Å². The van der Waals surface area contributed by atoms with Gasteiger partial charge in [0.15, 0.2) is 0 Å². The lowest BCUT2D eigenvalue weighted by molar-refractivity contribution is -0.146. The van der Waals surface area contributed by atoms with Gasteiger partial charge in [-0.25, -0.2) is 5.48 Å². The van der Waals surface area contributed by atoms with Crippen molar-refractivity contribution in [3.63, 3.8) is 0 Å². The van der Waals surface area contributed by atoms with E-state index in [4.69, 9.17) is 19.4 Å². The van der Waals surface area contributed by atoms with Gasteiger partial charge >= 0.3 is 5.97 Å². The van der Waals surface area contributed by atoms with Crippen LogP contribution in [0.4, 0.5) is 5.69 Å². The number of aliphatic carboxylic acids is 1. The Labute approximate surface area is 418 Å². The fourth-order valence-electron chi connectivity index (χ4n) is 8.76. The summed E-state index contributed by atoms with van der Waals surface area (Å²) >= 11 is 0.